The van der Waals surface area contributed by atoms with Crippen LogP contribution in [0.25, 0.3) is 0 Å². The zero-order chi connectivity index (χ0) is 13.8. The highest BCUT2D eigenvalue weighted by atomic mass is 16.6. The van der Waals surface area contributed by atoms with E-state index < -0.39 is 5.60 Å². The molecular formula is C13H26N2O3. The molecule has 5 nitrogen and oxygen atoms in total. The van der Waals surface area contributed by atoms with Crippen LogP contribution in [-0.2, 0) is 4.74 Å². The molecule has 0 saturated carbocycles. The second kappa shape index (κ2) is 6.38. The monoisotopic (exact) mass is 258 g/mol. The Hall–Kier alpha value is -0.810. The van der Waals surface area contributed by atoms with Crippen LogP contribution in [0.5, 0.6) is 0 Å². The summed E-state index contributed by atoms with van der Waals surface area (Å²) >= 11 is 0. The first-order valence-corrected chi connectivity index (χ1v) is 6.70. The lowest BCUT2D eigenvalue weighted by atomic mass is 10.1. The van der Waals surface area contributed by atoms with Crippen molar-refractivity contribution in [1.29, 1.82) is 0 Å². The molecule has 1 rings (SSSR count). The summed E-state index contributed by atoms with van der Waals surface area (Å²) in [5.74, 6) is 0. The topological polar surface area (TPSA) is 53.0 Å². The minimum atomic E-state index is -0.439. The Kier molecular flexibility index (Phi) is 5.41. The van der Waals surface area contributed by atoms with Gasteiger partial charge in [-0.15, -0.1) is 0 Å². The summed E-state index contributed by atoms with van der Waals surface area (Å²) in [4.78, 5) is 15.8. The summed E-state index contributed by atoms with van der Waals surface area (Å²) in [5.41, 5.74) is -0.439. The van der Waals surface area contributed by atoms with Crippen molar-refractivity contribution in [2.75, 3.05) is 32.8 Å². The van der Waals surface area contributed by atoms with Crippen molar-refractivity contribution in [1.82, 2.24) is 9.80 Å². The van der Waals surface area contributed by atoms with Crippen LogP contribution in [-0.4, -0.2) is 65.4 Å². The highest BCUT2D eigenvalue weighted by Crippen LogP contribution is 2.13. The molecule has 1 fully saturated rings. The third-order valence-corrected chi connectivity index (χ3v) is 3.16. The Morgan fingerprint density at radius 1 is 1.28 bits per heavy atom. The van der Waals surface area contributed by atoms with Gasteiger partial charge in [0.25, 0.3) is 0 Å². The first kappa shape index (κ1) is 15.2. The van der Waals surface area contributed by atoms with Crippen LogP contribution in [0.2, 0.25) is 0 Å². The third kappa shape index (κ3) is 4.46. The van der Waals surface area contributed by atoms with E-state index >= 15 is 0 Å². The number of aliphatic hydroxyl groups is 1. The average molecular weight is 258 g/mol. The van der Waals surface area contributed by atoms with E-state index in [4.69, 9.17) is 4.74 Å². The smallest absolute Gasteiger partial charge is 0.410 e. The van der Waals surface area contributed by atoms with Crippen LogP contribution in [0, 0.1) is 0 Å². The van der Waals surface area contributed by atoms with Crippen LogP contribution in [0.1, 0.15) is 34.1 Å². The summed E-state index contributed by atoms with van der Waals surface area (Å²) < 4.78 is 5.34. The van der Waals surface area contributed by atoms with Gasteiger partial charge < -0.3 is 14.7 Å². The lowest BCUT2D eigenvalue weighted by Crippen LogP contribution is -2.53. The molecule has 1 heterocycles. The third-order valence-electron chi connectivity index (χ3n) is 3.16. The lowest BCUT2D eigenvalue weighted by molar-refractivity contribution is 0.00649. The van der Waals surface area contributed by atoms with Crippen molar-refractivity contribution >= 4 is 6.09 Å². The SMILES string of the molecule is CCC(CO)N1CCN(C(=O)OC(C)(C)C)CC1. The number of hydrogen-bond acceptors (Lipinski definition) is 4. The van der Waals surface area contributed by atoms with Crippen LogP contribution < -0.4 is 0 Å². The van der Waals surface area contributed by atoms with E-state index in [1.807, 2.05) is 20.8 Å². The molecule has 0 aromatic heterocycles. The maximum Gasteiger partial charge on any atom is 0.410 e. The van der Waals surface area contributed by atoms with Crippen LogP contribution in [0.15, 0.2) is 0 Å². The summed E-state index contributed by atoms with van der Waals surface area (Å²) in [5, 5.41) is 9.26. The van der Waals surface area contributed by atoms with Crippen molar-refractivity contribution in [2.24, 2.45) is 0 Å². The van der Waals surface area contributed by atoms with Crippen molar-refractivity contribution in [3.63, 3.8) is 0 Å². The van der Waals surface area contributed by atoms with E-state index in [0.29, 0.717) is 13.1 Å². The van der Waals surface area contributed by atoms with Crippen LogP contribution in [0.3, 0.4) is 0 Å². The fraction of sp³-hybridized carbons (Fsp3) is 0.923. The van der Waals surface area contributed by atoms with Crippen molar-refractivity contribution in [2.45, 2.75) is 45.8 Å². The predicted octanol–water partition coefficient (Wildman–Crippen LogP) is 1.31. The molecule has 0 aliphatic carbocycles. The van der Waals surface area contributed by atoms with Gasteiger partial charge in [-0.1, -0.05) is 6.92 Å². The molecule has 0 radical (unpaired) electrons. The molecule has 0 spiro atoms. The predicted molar refractivity (Wildman–Crippen MR) is 70.5 cm³/mol. The molecule has 1 aliphatic rings. The first-order chi connectivity index (χ1) is 8.37. The number of aliphatic hydroxyl groups excluding tert-OH is 1. The van der Waals surface area contributed by atoms with E-state index in [2.05, 4.69) is 11.8 Å². The van der Waals surface area contributed by atoms with Gasteiger partial charge in [-0.05, 0) is 27.2 Å². The molecule has 1 N–H and O–H groups in total. The second-order valence-electron chi connectivity index (χ2n) is 5.75. The molecule has 18 heavy (non-hydrogen) atoms. The van der Waals surface area contributed by atoms with Gasteiger partial charge in [-0.25, -0.2) is 4.79 Å². The highest BCUT2D eigenvalue weighted by molar-refractivity contribution is 5.68. The molecule has 1 unspecified atom stereocenters. The molecule has 0 bridgehead atoms. The van der Waals surface area contributed by atoms with Gasteiger partial charge in [-0.3, -0.25) is 4.90 Å². The maximum atomic E-state index is 11.9. The van der Waals surface area contributed by atoms with E-state index in [9.17, 15) is 9.90 Å². The standard InChI is InChI=1S/C13H26N2O3/c1-5-11(10-16)14-6-8-15(9-7-14)12(17)18-13(2,3)4/h11,16H,5-10H2,1-4H3. The zero-order valence-electron chi connectivity index (χ0n) is 12.0. The molecule has 5 heteroatoms. The van der Waals surface area contributed by atoms with Crippen molar-refractivity contribution in [3.8, 4) is 0 Å². The van der Waals surface area contributed by atoms with Gasteiger partial charge in [0, 0.05) is 32.2 Å². The Balaban J connectivity index is 2.41. The zero-order valence-corrected chi connectivity index (χ0v) is 12.0. The Morgan fingerprint density at radius 3 is 2.22 bits per heavy atom. The van der Waals surface area contributed by atoms with Crippen LogP contribution in [0.4, 0.5) is 4.79 Å². The summed E-state index contributed by atoms with van der Waals surface area (Å²) in [6.07, 6.45) is 0.697. The fourth-order valence-corrected chi connectivity index (χ4v) is 2.10. The van der Waals surface area contributed by atoms with E-state index in [1.54, 1.807) is 4.90 Å². The molecule has 1 amide bonds. The number of carbonyl (C=O) groups is 1. The highest BCUT2D eigenvalue weighted by Gasteiger charge is 2.27. The molecule has 1 saturated heterocycles. The summed E-state index contributed by atoms with van der Waals surface area (Å²) in [6.45, 7) is 10.8. The Labute approximate surface area is 110 Å². The average Bonchev–Trinajstić information content (AvgIpc) is 2.29. The van der Waals surface area contributed by atoms with Crippen LogP contribution >= 0.6 is 0 Å². The molecular weight excluding hydrogens is 232 g/mol. The normalized spacial score (nSPS) is 19.7. The maximum absolute atomic E-state index is 11.9. The van der Waals surface area contributed by atoms with Gasteiger partial charge in [0.1, 0.15) is 5.60 Å². The molecule has 0 aromatic carbocycles. The van der Waals surface area contributed by atoms with Crippen molar-refractivity contribution < 1.29 is 14.6 Å². The largest absolute Gasteiger partial charge is 0.444 e. The van der Waals surface area contributed by atoms with Gasteiger partial charge in [0.15, 0.2) is 0 Å². The number of amides is 1. The van der Waals surface area contributed by atoms with Gasteiger partial charge in [0.2, 0.25) is 0 Å². The number of rotatable bonds is 3. The van der Waals surface area contributed by atoms with E-state index in [0.717, 1.165) is 19.5 Å². The van der Waals surface area contributed by atoms with Crippen molar-refractivity contribution in [3.05, 3.63) is 0 Å². The molecule has 1 atom stereocenters. The van der Waals surface area contributed by atoms with E-state index in [-0.39, 0.29) is 18.7 Å². The Bertz CT molecular complexity index is 264. The first-order valence-electron chi connectivity index (χ1n) is 6.70. The molecule has 1 aliphatic heterocycles. The van der Waals surface area contributed by atoms with Gasteiger partial charge >= 0.3 is 6.09 Å². The van der Waals surface area contributed by atoms with Gasteiger partial charge in [-0.2, -0.15) is 0 Å². The quantitative estimate of drug-likeness (QED) is 0.829. The number of carbonyl (C=O) groups excluding carboxylic acids is 1. The molecule has 0 aromatic rings. The number of piperazine rings is 1. The number of nitrogens with zero attached hydrogens (tertiary/aromatic N) is 2. The Morgan fingerprint density at radius 2 is 1.83 bits per heavy atom. The summed E-state index contributed by atoms with van der Waals surface area (Å²) in [7, 11) is 0. The lowest BCUT2D eigenvalue weighted by Gasteiger charge is -2.38. The number of hydrogen-bond donors (Lipinski definition) is 1. The summed E-state index contributed by atoms with van der Waals surface area (Å²) in [6, 6.07) is 0.214. The minimum absolute atomic E-state index is 0.183. The van der Waals surface area contributed by atoms with Gasteiger partial charge in [0.05, 0.1) is 6.61 Å². The van der Waals surface area contributed by atoms with E-state index in [1.165, 1.54) is 0 Å². The minimum Gasteiger partial charge on any atom is -0.444 e. The molecule has 106 valence electrons. The second-order valence-corrected chi connectivity index (χ2v) is 5.75. The number of ether oxygens (including phenoxy) is 1. The fourth-order valence-electron chi connectivity index (χ4n) is 2.10.